The Morgan fingerprint density at radius 1 is 1.11 bits per heavy atom. The second-order valence-corrected chi connectivity index (χ2v) is 9.43. The van der Waals surface area contributed by atoms with Gasteiger partial charge >= 0.3 is 0 Å². The predicted octanol–water partition coefficient (Wildman–Crippen LogP) is 3.70. The summed E-state index contributed by atoms with van der Waals surface area (Å²) < 4.78 is 5.63. The number of nitriles is 1. The molecule has 5 rings (SSSR count). The summed E-state index contributed by atoms with van der Waals surface area (Å²) >= 11 is 0. The Kier molecular flexibility index (Phi) is 7.03. The molecule has 9 nitrogen and oxygen atoms in total. The van der Waals surface area contributed by atoms with Gasteiger partial charge < -0.3 is 14.7 Å². The van der Waals surface area contributed by atoms with E-state index in [1.54, 1.807) is 36.7 Å². The van der Waals surface area contributed by atoms with Crippen molar-refractivity contribution in [3.63, 3.8) is 0 Å². The molecule has 0 unspecified atom stereocenters. The number of hydrogen-bond acceptors (Lipinski definition) is 7. The number of benzene rings is 1. The van der Waals surface area contributed by atoms with Crippen LogP contribution in [0.2, 0.25) is 0 Å². The number of carbonyl (C=O) groups excluding carboxylic acids is 2. The lowest BCUT2D eigenvalue weighted by Crippen LogP contribution is -2.47. The van der Waals surface area contributed by atoms with Crippen LogP contribution in [0, 0.1) is 17.2 Å². The Hall–Kier alpha value is -4.06. The number of amides is 2. The number of fused-ring (bicyclic) bond motifs is 1. The zero-order valence-corrected chi connectivity index (χ0v) is 20.0. The molecule has 2 amide bonds. The lowest BCUT2D eigenvalue weighted by Gasteiger charge is -2.32. The first-order valence-corrected chi connectivity index (χ1v) is 12.5. The van der Waals surface area contributed by atoms with Crippen molar-refractivity contribution in [2.45, 2.75) is 50.5 Å². The van der Waals surface area contributed by atoms with Crippen LogP contribution in [0.5, 0.6) is 0 Å². The fourth-order valence-corrected chi connectivity index (χ4v) is 5.23. The van der Waals surface area contributed by atoms with Gasteiger partial charge in [0.2, 0.25) is 17.6 Å². The van der Waals surface area contributed by atoms with E-state index in [0.29, 0.717) is 48.8 Å². The number of rotatable bonds is 3. The Morgan fingerprint density at radius 3 is 2.72 bits per heavy atom. The van der Waals surface area contributed by atoms with Crippen molar-refractivity contribution in [3.8, 4) is 17.5 Å². The van der Waals surface area contributed by atoms with Crippen molar-refractivity contribution in [2.24, 2.45) is 5.92 Å². The third kappa shape index (κ3) is 4.98. The Morgan fingerprint density at radius 2 is 1.94 bits per heavy atom. The molecule has 0 bridgehead atoms. The van der Waals surface area contributed by atoms with E-state index in [2.05, 4.69) is 26.5 Å². The number of pyridine rings is 1. The lowest BCUT2D eigenvalue weighted by atomic mass is 9.99. The molecule has 9 heteroatoms. The summed E-state index contributed by atoms with van der Waals surface area (Å²) in [5.74, 6) is 0.277. The van der Waals surface area contributed by atoms with Crippen LogP contribution >= 0.6 is 0 Å². The molecule has 3 atom stereocenters. The largest absolute Gasteiger partial charge is 0.356 e. The Bertz CT molecular complexity index is 1250. The van der Waals surface area contributed by atoms with Crippen LogP contribution in [0.3, 0.4) is 0 Å². The van der Waals surface area contributed by atoms with Crippen molar-refractivity contribution in [1.82, 2.24) is 25.3 Å². The van der Waals surface area contributed by atoms with Gasteiger partial charge in [-0.1, -0.05) is 18.0 Å². The molecule has 1 aliphatic carbocycles. The smallest absolute Gasteiger partial charge is 0.254 e. The lowest BCUT2D eigenvalue weighted by molar-refractivity contribution is -0.126. The van der Waals surface area contributed by atoms with Gasteiger partial charge in [-0.15, -0.1) is 0 Å². The van der Waals surface area contributed by atoms with Crippen LogP contribution in [-0.4, -0.2) is 51.0 Å². The zero-order chi connectivity index (χ0) is 24.9. The van der Waals surface area contributed by atoms with Gasteiger partial charge in [-0.3, -0.25) is 14.6 Å². The highest BCUT2D eigenvalue weighted by molar-refractivity contribution is 5.95. The molecule has 2 aromatic heterocycles. The van der Waals surface area contributed by atoms with Crippen LogP contribution in [0.15, 0.2) is 53.3 Å². The van der Waals surface area contributed by atoms with Crippen molar-refractivity contribution in [3.05, 3.63) is 65.8 Å². The molecule has 0 spiro atoms. The van der Waals surface area contributed by atoms with E-state index in [0.717, 1.165) is 31.2 Å². The fraction of sp³-hybridized carbons (Fsp3) is 0.407. The van der Waals surface area contributed by atoms with Crippen LogP contribution in [0.4, 0.5) is 0 Å². The van der Waals surface area contributed by atoms with E-state index >= 15 is 0 Å². The minimum Gasteiger partial charge on any atom is -0.356 e. The minimum absolute atomic E-state index is 0.0333. The summed E-state index contributed by atoms with van der Waals surface area (Å²) in [4.78, 5) is 37.5. The van der Waals surface area contributed by atoms with Gasteiger partial charge in [-0.05, 0) is 62.1 Å². The molecule has 1 aromatic carbocycles. The summed E-state index contributed by atoms with van der Waals surface area (Å²) in [5.41, 5.74) is 1.78. The van der Waals surface area contributed by atoms with E-state index in [1.807, 2.05) is 17.0 Å². The molecule has 2 aliphatic rings. The van der Waals surface area contributed by atoms with Gasteiger partial charge in [0.05, 0.1) is 17.6 Å². The van der Waals surface area contributed by atoms with E-state index in [4.69, 9.17) is 9.78 Å². The molecule has 1 saturated heterocycles. The van der Waals surface area contributed by atoms with E-state index in [1.165, 1.54) is 0 Å². The third-order valence-corrected chi connectivity index (χ3v) is 7.12. The molecule has 36 heavy (non-hydrogen) atoms. The normalized spacial score (nSPS) is 22.7. The average Bonchev–Trinajstić information content (AvgIpc) is 3.58. The Balaban J connectivity index is 1.44. The van der Waals surface area contributed by atoms with E-state index in [9.17, 15) is 9.59 Å². The number of hydrogen-bond donors (Lipinski definition) is 1. The zero-order valence-electron chi connectivity index (χ0n) is 20.0. The Labute approximate surface area is 209 Å². The monoisotopic (exact) mass is 484 g/mol. The van der Waals surface area contributed by atoms with Crippen LogP contribution in [-0.2, 0) is 4.79 Å². The maximum atomic E-state index is 13.7. The molecule has 3 aromatic rings. The molecule has 3 heterocycles. The maximum absolute atomic E-state index is 13.7. The fourth-order valence-electron chi connectivity index (χ4n) is 5.23. The number of aromatic nitrogens is 3. The highest BCUT2D eigenvalue weighted by atomic mass is 16.5. The van der Waals surface area contributed by atoms with Crippen LogP contribution in [0.25, 0.3) is 11.4 Å². The molecular weight excluding hydrogens is 456 g/mol. The standard InChI is InChI=1S/C27H28N6O3/c28-16-18-7-9-19(10-8-18)27(35)33-13-4-2-1-3-12-30-25(34)22-14-21(15-23(22)33)26-31-24(32-36-26)20-6-5-11-29-17-20/h5-11,17,21-23H,1-4,12-15H2,(H,30,34)/t21-,22-,23+/m1/s1. The van der Waals surface area contributed by atoms with Gasteiger partial charge in [0.1, 0.15) is 0 Å². The van der Waals surface area contributed by atoms with Crippen molar-refractivity contribution < 1.29 is 14.1 Å². The number of carbonyl (C=O) groups is 2. The van der Waals surface area contributed by atoms with Gasteiger partial charge in [0.25, 0.3) is 5.91 Å². The van der Waals surface area contributed by atoms with Crippen LogP contribution < -0.4 is 5.32 Å². The molecule has 1 N–H and O–H groups in total. The van der Waals surface area contributed by atoms with Crippen molar-refractivity contribution >= 4 is 11.8 Å². The quantitative estimate of drug-likeness (QED) is 0.601. The van der Waals surface area contributed by atoms with Crippen molar-refractivity contribution in [1.29, 1.82) is 5.26 Å². The second kappa shape index (κ2) is 10.7. The molecule has 1 aliphatic heterocycles. The van der Waals surface area contributed by atoms with Gasteiger partial charge in [0.15, 0.2) is 0 Å². The summed E-state index contributed by atoms with van der Waals surface area (Å²) in [5, 5.41) is 16.3. The second-order valence-electron chi connectivity index (χ2n) is 9.43. The van der Waals surface area contributed by atoms with Crippen molar-refractivity contribution in [2.75, 3.05) is 13.1 Å². The highest BCUT2D eigenvalue weighted by Crippen LogP contribution is 2.41. The van der Waals surface area contributed by atoms with E-state index in [-0.39, 0.29) is 29.7 Å². The molecule has 2 fully saturated rings. The van der Waals surface area contributed by atoms with Gasteiger partial charge in [-0.2, -0.15) is 10.2 Å². The highest BCUT2D eigenvalue weighted by Gasteiger charge is 2.45. The van der Waals surface area contributed by atoms with Gasteiger partial charge in [-0.25, -0.2) is 0 Å². The van der Waals surface area contributed by atoms with Gasteiger partial charge in [0, 0.05) is 48.6 Å². The average molecular weight is 485 g/mol. The number of nitrogens with zero attached hydrogens (tertiary/aromatic N) is 5. The first-order chi connectivity index (χ1) is 17.6. The maximum Gasteiger partial charge on any atom is 0.254 e. The molecule has 184 valence electrons. The topological polar surface area (TPSA) is 125 Å². The third-order valence-electron chi connectivity index (χ3n) is 7.12. The molecular formula is C27H28N6O3. The summed E-state index contributed by atoms with van der Waals surface area (Å²) in [6.07, 6.45) is 8.26. The molecule has 0 radical (unpaired) electrons. The predicted molar refractivity (Wildman–Crippen MR) is 130 cm³/mol. The number of nitrogens with one attached hydrogen (secondary N) is 1. The van der Waals surface area contributed by atoms with Crippen LogP contribution in [0.1, 0.15) is 66.3 Å². The summed E-state index contributed by atoms with van der Waals surface area (Å²) in [7, 11) is 0. The first kappa shape index (κ1) is 23.7. The van der Waals surface area contributed by atoms with E-state index < -0.39 is 0 Å². The SMILES string of the molecule is N#Cc1ccc(C(=O)N2CCCCCCNC(=O)[C@@H]3C[C@@H](c4nc(-c5cccnc5)no4)C[C@@H]32)cc1. The first-order valence-electron chi connectivity index (χ1n) is 12.5. The molecule has 1 saturated carbocycles. The summed E-state index contributed by atoms with van der Waals surface area (Å²) in [6, 6.07) is 12.2. The summed E-state index contributed by atoms with van der Waals surface area (Å²) in [6.45, 7) is 1.22. The minimum atomic E-state index is -0.371.